The quantitative estimate of drug-likeness (QED) is 0.657. The van der Waals surface area contributed by atoms with Gasteiger partial charge in [-0.15, -0.1) is 0 Å². The lowest BCUT2D eigenvalue weighted by Gasteiger charge is -2.18. The molecule has 2 N–H and O–H groups in total. The average molecular weight is 443 g/mol. The standard InChI is InChI=1S/C23H30N4O3S/c28-23(12-16-26-15-11-21(18-26)24-19-7-2-1-3-8-19)25-20-9-6-10-22(17-20)31(29,30)27-13-4-5-14-27/h1-3,6-10,17,21,24H,4-5,11-16,18H2,(H,25,28). The molecule has 0 aliphatic carbocycles. The minimum absolute atomic E-state index is 0.102. The van der Waals surface area contributed by atoms with Gasteiger partial charge in [0.15, 0.2) is 0 Å². The Labute approximate surface area is 184 Å². The number of amides is 1. The highest BCUT2D eigenvalue weighted by molar-refractivity contribution is 7.89. The van der Waals surface area contributed by atoms with Crippen LogP contribution in [0.25, 0.3) is 0 Å². The van der Waals surface area contributed by atoms with E-state index in [0.29, 0.717) is 37.8 Å². The molecule has 31 heavy (non-hydrogen) atoms. The van der Waals surface area contributed by atoms with Crippen molar-refractivity contribution in [2.24, 2.45) is 0 Å². The summed E-state index contributed by atoms with van der Waals surface area (Å²) in [5.41, 5.74) is 1.64. The summed E-state index contributed by atoms with van der Waals surface area (Å²) < 4.78 is 27.0. The third-order valence-electron chi connectivity index (χ3n) is 5.89. The molecule has 0 bridgehead atoms. The van der Waals surface area contributed by atoms with Crippen molar-refractivity contribution in [2.75, 3.05) is 43.4 Å². The summed E-state index contributed by atoms with van der Waals surface area (Å²) in [5, 5.41) is 6.39. The Morgan fingerprint density at radius 1 is 0.968 bits per heavy atom. The van der Waals surface area contributed by atoms with Crippen molar-refractivity contribution in [3.63, 3.8) is 0 Å². The second-order valence-corrected chi connectivity index (χ2v) is 10.2. The molecule has 2 heterocycles. The van der Waals surface area contributed by atoms with E-state index in [1.54, 1.807) is 24.3 Å². The minimum Gasteiger partial charge on any atom is -0.381 e. The zero-order valence-corrected chi connectivity index (χ0v) is 18.5. The van der Waals surface area contributed by atoms with E-state index in [0.717, 1.165) is 38.0 Å². The van der Waals surface area contributed by atoms with Crippen molar-refractivity contribution in [3.8, 4) is 0 Å². The first-order valence-corrected chi connectivity index (χ1v) is 12.4. The van der Waals surface area contributed by atoms with Crippen molar-refractivity contribution in [1.82, 2.24) is 9.21 Å². The van der Waals surface area contributed by atoms with Crippen LogP contribution in [0.3, 0.4) is 0 Å². The van der Waals surface area contributed by atoms with Crippen LogP contribution in [0.4, 0.5) is 11.4 Å². The highest BCUT2D eigenvalue weighted by Crippen LogP contribution is 2.23. The lowest BCUT2D eigenvalue weighted by molar-refractivity contribution is -0.116. The maximum absolute atomic E-state index is 12.7. The van der Waals surface area contributed by atoms with E-state index >= 15 is 0 Å². The molecule has 2 aliphatic heterocycles. The van der Waals surface area contributed by atoms with E-state index in [9.17, 15) is 13.2 Å². The number of carbonyl (C=O) groups excluding carboxylic acids is 1. The third kappa shape index (κ3) is 5.64. The van der Waals surface area contributed by atoms with Gasteiger partial charge in [0.1, 0.15) is 0 Å². The van der Waals surface area contributed by atoms with Crippen molar-refractivity contribution in [1.29, 1.82) is 0 Å². The molecule has 0 spiro atoms. The summed E-state index contributed by atoms with van der Waals surface area (Å²) in [5.74, 6) is -0.102. The first kappa shape index (κ1) is 21.8. The van der Waals surface area contributed by atoms with Gasteiger partial charge in [0.05, 0.1) is 4.90 Å². The molecule has 2 aromatic carbocycles. The van der Waals surface area contributed by atoms with Crippen LogP contribution in [0.5, 0.6) is 0 Å². The molecule has 1 unspecified atom stereocenters. The molecule has 1 amide bonds. The number of hydrogen-bond acceptors (Lipinski definition) is 5. The molecule has 2 aromatic rings. The summed E-state index contributed by atoms with van der Waals surface area (Å²) in [6.45, 7) is 3.68. The Balaban J connectivity index is 1.26. The molecule has 8 heteroatoms. The normalized spacial score (nSPS) is 20.1. The number of nitrogens with zero attached hydrogens (tertiary/aromatic N) is 2. The van der Waals surface area contributed by atoms with Gasteiger partial charge in [0, 0.05) is 56.6 Å². The van der Waals surface area contributed by atoms with Gasteiger partial charge >= 0.3 is 0 Å². The molecule has 1 atom stereocenters. The summed E-state index contributed by atoms with van der Waals surface area (Å²) >= 11 is 0. The second kappa shape index (κ2) is 9.80. The molecule has 2 aliphatic rings. The van der Waals surface area contributed by atoms with Gasteiger partial charge in [-0.2, -0.15) is 4.31 Å². The number of rotatable bonds is 8. The number of likely N-dealkylation sites (tertiary alicyclic amines) is 1. The van der Waals surface area contributed by atoms with Crippen LogP contribution in [0.1, 0.15) is 25.7 Å². The van der Waals surface area contributed by atoms with Crippen molar-refractivity contribution >= 4 is 27.3 Å². The first-order valence-electron chi connectivity index (χ1n) is 10.9. The third-order valence-corrected chi connectivity index (χ3v) is 7.79. The van der Waals surface area contributed by atoms with E-state index in [-0.39, 0.29) is 10.8 Å². The summed E-state index contributed by atoms with van der Waals surface area (Å²) in [4.78, 5) is 15.0. The maximum atomic E-state index is 12.7. The van der Waals surface area contributed by atoms with Crippen molar-refractivity contribution in [2.45, 2.75) is 36.6 Å². The molecule has 0 saturated carbocycles. The van der Waals surface area contributed by atoms with Crippen LogP contribution in [0.15, 0.2) is 59.5 Å². The highest BCUT2D eigenvalue weighted by Gasteiger charge is 2.27. The molecule has 2 fully saturated rings. The van der Waals surface area contributed by atoms with Gasteiger partial charge in [-0.3, -0.25) is 4.79 Å². The van der Waals surface area contributed by atoms with Crippen molar-refractivity contribution in [3.05, 3.63) is 54.6 Å². The average Bonchev–Trinajstić information content (AvgIpc) is 3.46. The molecule has 0 aromatic heterocycles. The topological polar surface area (TPSA) is 81.8 Å². The first-order chi connectivity index (χ1) is 15.0. The number of anilines is 2. The van der Waals surface area contributed by atoms with Crippen LogP contribution in [-0.4, -0.2) is 62.3 Å². The number of hydrogen-bond donors (Lipinski definition) is 2. The Kier molecular flexibility index (Phi) is 6.89. The number of nitrogens with one attached hydrogen (secondary N) is 2. The fraction of sp³-hybridized carbons (Fsp3) is 0.435. The van der Waals surface area contributed by atoms with Gasteiger partial charge in [-0.25, -0.2) is 8.42 Å². The lowest BCUT2D eigenvalue weighted by Crippen LogP contribution is -2.29. The summed E-state index contributed by atoms with van der Waals surface area (Å²) in [6, 6.07) is 17.1. The van der Waals surface area contributed by atoms with Crippen LogP contribution in [0.2, 0.25) is 0 Å². The molecular weight excluding hydrogens is 412 g/mol. The Morgan fingerprint density at radius 2 is 1.71 bits per heavy atom. The number of carbonyl (C=O) groups is 1. The zero-order chi connectivity index (χ0) is 21.7. The Bertz CT molecular complexity index is 991. The molecule has 2 saturated heterocycles. The van der Waals surface area contributed by atoms with Crippen molar-refractivity contribution < 1.29 is 13.2 Å². The van der Waals surface area contributed by atoms with Gasteiger partial charge in [-0.05, 0) is 49.6 Å². The van der Waals surface area contributed by atoms with Gasteiger partial charge in [-0.1, -0.05) is 24.3 Å². The fourth-order valence-corrected chi connectivity index (χ4v) is 5.78. The van der Waals surface area contributed by atoms with Crippen LogP contribution in [-0.2, 0) is 14.8 Å². The monoisotopic (exact) mass is 442 g/mol. The van der Waals surface area contributed by atoms with Gasteiger partial charge in [0.2, 0.25) is 15.9 Å². The largest absolute Gasteiger partial charge is 0.381 e. The van der Waals surface area contributed by atoms with E-state index in [1.807, 2.05) is 18.2 Å². The zero-order valence-electron chi connectivity index (χ0n) is 17.7. The molecule has 7 nitrogen and oxygen atoms in total. The smallest absolute Gasteiger partial charge is 0.243 e. The Hall–Kier alpha value is -2.42. The number of benzene rings is 2. The summed E-state index contributed by atoms with van der Waals surface area (Å²) in [7, 11) is -3.49. The molecule has 166 valence electrons. The van der Waals surface area contributed by atoms with E-state index in [1.165, 1.54) is 4.31 Å². The van der Waals surface area contributed by atoms with Crippen LogP contribution < -0.4 is 10.6 Å². The Morgan fingerprint density at radius 3 is 2.48 bits per heavy atom. The molecular formula is C23H30N4O3S. The van der Waals surface area contributed by atoms with Crippen LogP contribution >= 0.6 is 0 Å². The van der Waals surface area contributed by atoms with E-state index in [4.69, 9.17) is 0 Å². The molecule has 4 rings (SSSR count). The second-order valence-electron chi connectivity index (χ2n) is 8.23. The highest BCUT2D eigenvalue weighted by atomic mass is 32.2. The fourth-order valence-electron chi connectivity index (χ4n) is 4.22. The van der Waals surface area contributed by atoms with Gasteiger partial charge < -0.3 is 15.5 Å². The maximum Gasteiger partial charge on any atom is 0.243 e. The van der Waals surface area contributed by atoms with E-state index < -0.39 is 10.0 Å². The minimum atomic E-state index is -3.49. The number of sulfonamides is 1. The molecule has 0 radical (unpaired) electrons. The van der Waals surface area contributed by atoms with Gasteiger partial charge in [0.25, 0.3) is 0 Å². The summed E-state index contributed by atoms with van der Waals surface area (Å²) in [6.07, 6.45) is 3.22. The predicted octanol–water partition coefficient (Wildman–Crippen LogP) is 2.99. The number of para-hydroxylation sites is 1. The SMILES string of the molecule is O=C(CCN1CCC(Nc2ccccc2)C1)Nc1cccc(S(=O)(=O)N2CCCC2)c1. The predicted molar refractivity (Wildman–Crippen MR) is 123 cm³/mol. The van der Waals surface area contributed by atoms with E-state index in [2.05, 4.69) is 27.7 Å². The lowest BCUT2D eigenvalue weighted by atomic mass is 10.2. The van der Waals surface area contributed by atoms with Crippen LogP contribution in [0, 0.1) is 0 Å².